The van der Waals surface area contributed by atoms with Gasteiger partial charge in [-0.25, -0.2) is 0 Å². The number of likely N-dealkylation sites (tertiary alicyclic amines) is 1. The fourth-order valence-corrected chi connectivity index (χ4v) is 2.76. The van der Waals surface area contributed by atoms with Gasteiger partial charge in [-0.3, -0.25) is 9.59 Å². The van der Waals surface area contributed by atoms with Crippen LogP contribution in [0.25, 0.3) is 0 Å². The number of carbonyl (C=O) groups is 2. The largest absolute Gasteiger partial charge is 0.471 e. The molecule has 23 heavy (non-hydrogen) atoms. The van der Waals surface area contributed by atoms with E-state index in [1.165, 1.54) is 0 Å². The van der Waals surface area contributed by atoms with Gasteiger partial charge in [-0.05, 0) is 18.4 Å². The van der Waals surface area contributed by atoms with Crippen LogP contribution in [0.4, 0.5) is 13.2 Å². The Morgan fingerprint density at radius 2 is 1.74 bits per heavy atom. The van der Waals surface area contributed by atoms with Crippen LogP contribution in [0, 0.1) is 5.92 Å². The van der Waals surface area contributed by atoms with Crippen LogP contribution in [0.5, 0.6) is 0 Å². The van der Waals surface area contributed by atoms with Crippen molar-refractivity contribution in [1.29, 1.82) is 0 Å². The van der Waals surface area contributed by atoms with Crippen molar-refractivity contribution in [1.82, 2.24) is 9.80 Å². The molecule has 0 bridgehead atoms. The molecule has 0 radical (unpaired) electrons. The van der Waals surface area contributed by atoms with Gasteiger partial charge in [0.15, 0.2) is 0 Å². The smallest absolute Gasteiger partial charge is 0.341 e. The van der Waals surface area contributed by atoms with Gasteiger partial charge in [0.2, 0.25) is 5.91 Å². The van der Waals surface area contributed by atoms with Gasteiger partial charge in [0.25, 0.3) is 0 Å². The fourth-order valence-electron chi connectivity index (χ4n) is 2.76. The first kappa shape index (κ1) is 17.3. The Labute approximate surface area is 132 Å². The summed E-state index contributed by atoms with van der Waals surface area (Å²) in [6, 6.07) is 9.48. The van der Waals surface area contributed by atoms with Crippen molar-refractivity contribution in [2.24, 2.45) is 5.92 Å². The van der Waals surface area contributed by atoms with E-state index in [-0.39, 0.29) is 37.8 Å². The highest BCUT2D eigenvalue weighted by molar-refractivity contribution is 5.83. The van der Waals surface area contributed by atoms with E-state index in [2.05, 4.69) is 0 Å². The second-order valence-corrected chi connectivity index (χ2v) is 5.74. The van der Waals surface area contributed by atoms with Crippen molar-refractivity contribution in [3.8, 4) is 0 Å². The Bertz CT molecular complexity index is 552. The van der Waals surface area contributed by atoms with Gasteiger partial charge in [-0.1, -0.05) is 30.3 Å². The predicted octanol–water partition coefficient (Wildman–Crippen LogP) is 2.45. The third kappa shape index (κ3) is 4.46. The third-order valence-electron chi connectivity index (χ3n) is 4.01. The van der Waals surface area contributed by atoms with Crippen LogP contribution in [0.3, 0.4) is 0 Å². The third-order valence-corrected chi connectivity index (χ3v) is 4.01. The van der Waals surface area contributed by atoms with Gasteiger partial charge in [-0.2, -0.15) is 13.2 Å². The molecule has 7 heteroatoms. The van der Waals surface area contributed by atoms with Crippen LogP contribution in [0.15, 0.2) is 30.3 Å². The second kappa shape index (κ2) is 7.02. The number of carbonyl (C=O) groups excluding carboxylic acids is 2. The molecule has 1 aromatic carbocycles. The van der Waals surface area contributed by atoms with Crippen molar-refractivity contribution in [3.05, 3.63) is 35.9 Å². The van der Waals surface area contributed by atoms with Crippen LogP contribution in [0.1, 0.15) is 18.4 Å². The monoisotopic (exact) mass is 328 g/mol. The van der Waals surface area contributed by atoms with E-state index in [1.54, 1.807) is 11.9 Å². The zero-order valence-corrected chi connectivity index (χ0v) is 12.8. The lowest BCUT2D eigenvalue weighted by molar-refractivity contribution is -0.187. The number of amides is 2. The SMILES string of the molecule is CN(Cc1ccccc1)C(=O)C1CCN(C(=O)C(F)(F)F)CC1. The van der Waals surface area contributed by atoms with Crippen LogP contribution < -0.4 is 0 Å². The molecule has 0 spiro atoms. The molecule has 2 rings (SSSR count). The molecule has 0 saturated carbocycles. The van der Waals surface area contributed by atoms with E-state index in [0.29, 0.717) is 6.54 Å². The number of hydrogen-bond acceptors (Lipinski definition) is 2. The molecule has 1 aliphatic heterocycles. The molecule has 1 aromatic rings. The molecule has 126 valence electrons. The minimum absolute atomic E-state index is 0.0338. The van der Waals surface area contributed by atoms with Gasteiger partial charge in [0.05, 0.1) is 0 Å². The van der Waals surface area contributed by atoms with Gasteiger partial charge < -0.3 is 9.80 Å². The van der Waals surface area contributed by atoms with Crippen molar-refractivity contribution < 1.29 is 22.8 Å². The molecular weight excluding hydrogens is 309 g/mol. The molecule has 1 aliphatic rings. The summed E-state index contributed by atoms with van der Waals surface area (Å²) in [5, 5.41) is 0. The number of benzene rings is 1. The van der Waals surface area contributed by atoms with Crippen LogP contribution in [0.2, 0.25) is 0 Å². The lowest BCUT2D eigenvalue weighted by atomic mass is 9.95. The lowest BCUT2D eigenvalue weighted by Gasteiger charge is -2.33. The average molecular weight is 328 g/mol. The van der Waals surface area contributed by atoms with Crippen molar-refractivity contribution >= 4 is 11.8 Å². The highest BCUT2D eigenvalue weighted by atomic mass is 19.4. The Morgan fingerprint density at radius 3 is 2.26 bits per heavy atom. The van der Waals surface area contributed by atoms with Crippen LogP contribution >= 0.6 is 0 Å². The maximum Gasteiger partial charge on any atom is 0.471 e. The van der Waals surface area contributed by atoms with Crippen molar-refractivity contribution in [2.45, 2.75) is 25.6 Å². The average Bonchev–Trinajstić information content (AvgIpc) is 2.53. The Morgan fingerprint density at radius 1 is 1.17 bits per heavy atom. The zero-order valence-electron chi connectivity index (χ0n) is 12.8. The van der Waals surface area contributed by atoms with E-state index in [4.69, 9.17) is 0 Å². The van der Waals surface area contributed by atoms with E-state index in [9.17, 15) is 22.8 Å². The Kier molecular flexibility index (Phi) is 5.28. The van der Waals surface area contributed by atoms with Crippen LogP contribution in [-0.2, 0) is 16.1 Å². The maximum absolute atomic E-state index is 12.4. The van der Waals surface area contributed by atoms with Gasteiger partial charge in [0.1, 0.15) is 0 Å². The Hall–Kier alpha value is -2.05. The predicted molar refractivity (Wildman–Crippen MR) is 78.3 cm³/mol. The number of hydrogen-bond donors (Lipinski definition) is 0. The van der Waals surface area contributed by atoms with E-state index in [0.717, 1.165) is 10.5 Å². The number of halogens is 3. The summed E-state index contributed by atoms with van der Waals surface area (Å²) < 4.78 is 37.2. The summed E-state index contributed by atoms with van der Waals surface area (Å²) in [5.74, 6) is -2.24. The summed E-state index contributed by atoms with van der Waals surface area (Å²) in [4.78, 5) is 25.9. The minimum atomic E-state index is -4.85. The van der Waals surface area contributed by atoms with E-state index in [1.807, 2.05) is 30.3 Å². The van der Waals surface area contributed by atoms with Gasteiger partial charge in [-0.15, -0.1) is 0 Å². The van der Waals surface area contributed by atoms with E-state index < -0.39 is 12.1 Å². The highest BCUT2D eigenvalue weighted by Gasteiger charge is 2.43. The molecule has 0 atom stereocenters. The summed E-state index contributed by atoms with van der Waals surface area (Å²) in [6.45, 7) is 0.392. The number of rotatable bonds is 3. The molecule has 0 unspecified atom stereocenters. The van der Waals surface area contributed by atoms with Crippen LogP contribution in [-0.4, -0.2) is 47.9 Å². The van der Waals surface area contributed by atoms with E-state index >= 15 is 0 Å². The first-order valence-corrected chi connectivity index (χ1v) is 7.44. The first-order chi connectivity index (χ1) is 10.8. The molecule has 0 N–H and O–H groups in total. The summed E-state index contributed by atoms with van der Waals surface area (Å²) in [7, 11) is 1.68. The molecule has 1 fully saturated rings. The minimum Gasteiger partial charge on any atom is -0.341 e. The fraction of sp³-hybridized carbons (Fsp3) is 0.500. The Balaban J connectivity index is 1.87. The molecule has 1 heterocycles. The molecular formula is C16H19F3N2O2. The topological polar surface area (TPSA) is 40.6 Å². The number of alkyl halides is 3. The first-order valence-electron chi connectivity index (χ1n) is 7.44. The quantitative estimate of drug-likeness (QED) is 0.855. The molecule has 2 amide bonds. The van der Waals surface area contributed by atoms with Gasteiger partial charge in [0, 0.05) is 32.6 Å². The number of nitrogens with zero attached hydrogens (tertiary/aromatic N) is 2. The molecule has 1 saturated heterocycles. The lowest BCUT2D eigenvalue weighted by Crippen LogP contribution is -2.47. The summed E-state index contributed by atoms with van der Waals surface area (Å²) >= 11 is 0. The summed E-state index contributed by atoms with van der Waals surface area (Å²) in [5.41, 5.74) is 0.994. The molecule has 4 nitrogen and oxygen atoms in total. The maximum atomic E-state index is 12.4. The second-order valence-electron chi connectivity index (χ2n) is 5.74. The summed E-state index contributed by atoms with van der Waals surface area (Å²) in [6.07, 6.45) is -4.32. The van der Waals surface area contributed by atoms with Crippen molar-refractivity contribution in [2.75, 3.05) is 20.1 Å². The molecule has 0 aromatic heterocycles. The zero-order chi connectivity index (χ0) is 17.0. The van der Waals surface area contributed by atoms with Gasteiger partial charge >= 0.3 is 12.1 Å². The molecule has 0 aliphatic carbocycles. The normalized spacial score (nSPS) is 16.3. The standard InChI is InChI=1S/C16H19F3N2O2/c1-20(11-12-5-3-2-4-6-12)14(22)13-7-9-21(10-8-13)15(23)16(17,18)19/h2-6,13H,7-11H2,1H3. The van der Waals surface area contributed by atoms with Crippen molar-refractivity contribution in [3.63, 3.8) is 0 Å². The number of piperidine rings is 1. The highest BCUT2D eigenvalue weighted by Crippen LogP contribution is 2.25.